The van der Waals surface area contributed by atoms with Crippen molar-refractivity contribution in [3.63, 3.8) is 0 Å². The molecule has 11 heteroatoms. The summed E-state index contributed by atoms with van der Waals surface area (Å²) in [4.78, 5) is 17.6. The third-order valence-electron chi connectivity index (χ3n) is 4.23. The smallest absolute Gasteiger partial charge is 0.296 e. The molecular formula is C20H15ClF3N3O3S. The van der Waals surface area contributed by atoms with Crippen LogP contribution in [0, 0.1) is 0 Å². The number of sulfonamides is 1. The highest BCUT2D eigenvalue weighted by molar-refractivity contribution is 7.92. The molecule has 0 aliphatic rings. The fourth-order valence-corrected chi connectivity index (χ4v) is 3.96. The number of carbonyl (C=O) groups is 1. The zero-order chi connectivity index (χ0) is 22.8. The van der Waals surface area contributed by atoms with Crippen LogP contribution in [-0.4, -0.2) is 26.4 Å². The van der Waals surface area contributed by atoms with E-state index in [1.165, 1.54) is 36.3 Å². The van der Waals surface area contributed by atoms with Crippen molar-refractivity contribution in [3.05, 3.63) is 83.0 Å². The van der Waals surface area contributed by atoms with Crippen molar-refractivity contribution in [3.8, 4) is 0 Å². The molecule has 162 valence electrons. The van der Waals surface area contributed by atoms with Crippen molar-refractivity contribution in [2.45, 2.75) is 11.1 Å². The van der Waals surface area contributed by atoms with Gasteiger partial charge in [0.1, 0.15) is 5.82 Å². The number of pyridine rings is 1. The van der Waals surface area contributed by atoms with Gasteiger partial charge in [-0.3, -0.25) is 14.4 Å². The van der Waals surface area contributed by atoms with Gasteiger partial charge in [-0.15, -0.1) is 0 Å². The SMILES string of the molecule is CN(C(=O)c1ccc(Cl)cc1NS(=O)(=O)c1cccc(C(F)(F)F)c1)c1ccccn1. The summed E-state index contributed by atoms with van der Waals surface area (Å²) in [5, 5.41) is 0.124. The number of aromatic nitrogens is 1. The van der Waals surface area contributed by atoms with Gasteiger partial charge in [0.05, 0.1) is 21.7 Å². The number of hydrogen-bond donors (Lipinski definition) is 1. The number of benzene rings is 2. The zero-order valence-corrected chi connectivity index (χ0v) is 17.5. The molecule has 3 rings (SSSR count). The summed E-state index contributed by atoms with van der Waals surface area (Å²) in [7, 11) is -3.01. The predicted molar refractivity (Wildman–Crippen MR) is 111 cm³/mol. The van der Waals surface area contributed by atoms with E-state index in [4.69, 9.17) is 11.6 Å². The van der Waals surface area contributed by atoms with Crippen LogP contribution in [0.15, 0.2) is 71.8 Å². The van der Waals surface area contributed by atoms with Crippen molar-refractivity contribution < 1.29 is 26.4 Å². The number of halogens is 4. The van der Waals surface area contributed by atoms with Crippen molar-refractivity contribution in [1.82, 2.24) is 4.98 Å². The lowest BCUT2D eigenvalue weighted by Gasteiger charge is -2.19. The first kappa shape index (κ1) is 22.6. The van der Waals surface area contributed by atoms with Crippen LogP contribution in [-0.2, 0) is 16.2 Å². The Bertz CT molecular complexity index is 1220. The minimum absolute atomic E-state index is 0.0619. The molecule has 0 unspecified atom stereocenters. The molecule has 0 fully saturated rings. The van der Waals surface area contributed by atoms with Gasteiger partial charge in [0.25, 0.3) is 15.9 Å². The van der Waals surface area contributed by atoms with Crippen LogP contribution in [0.5, 0.6) is 0 Å². The second kappa shape index (κ2) is 8.56. The molecule has 1 N–H and O–H groups in total. The second-order valence-electron chi connectivity index (χ2n) is 6.37. The Hall–Kier alpha value is -3.11. The second-order valence-corrected chi connectivity index (χ2v) is 8.49. The maximum atomic E-state index is 13.0. The van der Waals surface area contributed by atoms with Gasteiger partial charge >= 0.3 is 6.18 Å². The van der Waals surface area contributed by atoms with E-state index in [-0.39, 0.29) is 16.3 Å². The van der Waals surface area contributed by atoms with Crippen LogP contribution in [0.4, 0.5) is 24.7 Å². The molecule has 6 nitrogen and oxygen atoms in total. The molecule has 31 heavy (non-hydrogen) atoms. The van der Waals surface area contributed by atoms with Crippen molar-refractivity contribution in [1.29, 1.82) is 0 Å². The van der Waals surface area contributed by atoms with Gasteiger partial charge in [0, 0.05) is 18.3 Å². The number of rotatable bonds is 5. The molecule has 0 bridgehead atoms. The zero-order valence-electron chi connectivity index (χ0n) is 15.9. The quantitative estimate of drug-likeness (QED) is 0.580. The Balaban J connectivity index is 1.99. The summed E-state index contributed by atoms with van der Waals surface area (Å²) >= 11 is 5.96. The van der Waals surface area contributed by atoms with Crippen LogP contribution in [0.2, 0.25) is 5.02 Å². The summed E-state index contributed by atoms with van der Waals surface area (Å²) in [5.41, 5.74) is -1.36. The topological polar surface area (TPSA) is 79.4 Å². The molecule has 0 atom stereocenters. The van der Waals surface area contributed by atoms with Crippen LogP contribution >= 0.6 is 11.6 Å². The maximum Gasteiger partial charge on any atom is 0.416 e. The van der Waals surface area contributed by atoms with Gasteiger partial charge in [-0.05, 0) is 48.5 Å². The van der Waals surface area contributed by atoms with Crippen LogP contribution in [0.3, 0.4) is 0 Å². The highest BCUT2D eigenvalue weighted by Gasteiger charge is 2.32. The molecule has 0 radical (unpaired) electrons. The van der Waals surface area contributed by atoms with Crippen LogP contribution < -0.4 is 9.62 Å². The summed E-state index contributed by atoms with van der Waals surface area (Å²) in [5.74, 6) is -0.286. The fourth-order valence-electron chi connectivity index (χ4n) is 2.67. The van der Waals surface area contributed by atoms with Crippen molar-refractivity contribution >= 4 is 39.0 Å². The average Bonchev–Trinajstić information content (AvgIpc) is 2.73. The number of hydrogen-bond acceptors (Lipinski definition) is 4. The summed E-state index contributed by atoms with van der Waals surface area (Å²) in [6.45, 7) is 0. The van der Waals surface area contributed by atoms with Crippen molar-refractivity contribution in [2.75, 3.05) is 16.7 Å². The van der Waals surface area contributed by atoms with E-state index in [0.717, 1.165) is 18.2 Å². The molecule has 1 amide bonds. The molecule has 0 aliphatic heterocycles. The fraction of sp³-hybridized carbons (Fsp3) is 0.100. The average molecular weight is 470 g/mol. The Labute approximate surface area is 181 Å². The van der Waals surface area contributed by atoms with E-state index in [9.17, 15) is 26.4 Å². The number of alkyl halides is 3. The van der Waals surface area contributed by atoms with E-state index >= 15 is 0 Å². The highest BCUT2D eigenvalue weighted by atomic mass is 35.5. The predicted octanol–water partition coefficient (Wildman–Crippen LogP) is 4.83. The number of amides is 1. The third kappa shape index (κ3) is 5.15. The molecule has 0 saturated carbocycles. The largest absolute Gasteiger partial charge is 0.416 e. The van der Waals surface area contributed by atoms with Gasteiger partial charge in [0.2, 0.25) is 0 Å². The molecule has 3 aromatic rings. The molecule has 1 heterocycles. The first-order chi connectivity index (χ1) is 14.5. The van der Waals surface area contributed by atoms with Gasteiger partial charge in [0.15, 0.2) is 0 Å². The number of nitrogens with zero attached hydrogens (tertiary/aromatic N) is 2. The monoisotopic (exact) mass is 469 g/mol. The standard InChI is InChI=1S/C20H15ClF3N3O3S/c1-27(18-7-2-3-10-25-18)19(28)16-9-8-14(21)12-17(16)26-31(29,30)15-6-4-5-13(11-15)20(22,23)24/h2-12,26H,1H3. The minimum Gasteiger partial charge on any atom is -0.296 e. The highest BCUT2D eigenvalue weighted by Crippen LogP contribution is 2.31. The molecule has 0 spiro atoms. The summed E-state index contributed by atoms with van der Waals surface area (Å²) in [6, 6.07) is 12.1. The van der Waals surface area contributed by atoms with E-state index in [1.54, 1.807) is 18.2 Å². The van der Waals surface area contributed by atoms with Gasteiger partial charge < -0.3 is 0 Å². The normalized spacial score (nSPS) is 11.8. The minimum atomic E-state index is -4.71. The Morgan fingerprint density at radius 3 is 2.45 bits per heavy atom. The molecule has 2 aromatic carbocycles. The van der Waals surface area contributed by atoms with E-state index in [1.807, 2.05) is 0 Å². The van der Waals surface area contributed by atoms with Gasteiger partial charge in [-0.1, -0.05) is 23.7 Å². The van der Waals surface area contributed by atoms with E-state index in [0.29, 0.717) is 11.9 Å². The van der Waals surface area contributed by atoms with Crippen LogP contribution in [0.25, 0.3) is 0 Å². The Morgan fingerprint density at radius 1 is 1.06 bits per heavy atom. The third-order valence-corrected chi connectivity index (χ3v) is 5.82. The Kier molecular flexibility index (Phi) is 6.23. The molecule has 0 saturated heterocycles. The molecule has 0 aliphatic carbocycles. The van der Waals surface area contributed by atoms with Crippen molar-refractivity contribution in [2.24, 2.45) is 0 Å². The first-order valence-electron chi connectivity index (χ1n) is 8.68. The molecule has 1 aromatic heterocycles. The summed E-state index contributed by atoms with van der Waals surface area (Å²) < 4.78 is 66.6. The number of carbonyl (C=O) groups excluding carboxylic acids is 1. The van der Waals surface area contributed by atoms with Gasteiger partial charge in [-0.25, -0.2) is 13.4 Å². The Morgan fingerprint density at radius 2 is 1.81 bits per heavy atom. The lowest BCUT2D eigenvalue weighted by Crippen LogP contribution is -2.28. The van der Waals surface area contributed by atoms with E-state index < -0.39 is 32.6 Å². The lowest BCUT2D eigenvalue weighted by molar-refractivity contribution is -0.137. The number of anilines is 2. The maximum absolute atomic E-state index is 13.0. The van der Waals surface area contributed by atoms with Gasteiger partial charge in [-0.2, -0.15) is 13.2 Å². The number of nitrogens with one attached hydrogen (secondary N) is 1. The lowest BCUT2D eigenvalue weighted by atomic mass is 10.1. The first-order valence-corrected chi connectivity index (χ1v) is 10.5. The van der Waals surface area contributed by atoms with E-state index in [2.05, 4.69) is 9.71 Å². The van der Waals surface area contributed by atoms with Crippen LogP contribution in [0.1, 0.15) is 15.9 Å². The summed E-state index contributed by atoms with van der Waals surface area (Å²) in [6.07, 6.45) is -3.23. The molecular weight excluding hydrogens is 455 g/mol.